The van der Waals surface area contributed by atoms with E-state index < -0.39 is 17.7 Å². The van der Waals surface area contributed by atoms with Crippen LogP contribution in [0.3, 0.4) is 0 Å². The number of para-hydroxylation sites is 2. The van der Waals surface area contributed by atoms with Crippen molar-refractivity contribution in [3.05, 3.63) is 108 Å². The predicted octanol–water partition coefficient (Wildman–Crippen LogP) is 5.57. The topological polar surface area (TPSA) is 80.2 Å². The number of carbonyl (C=O) groups excluding carboxylic acids is 1. The van der Waals surface area contributed by atoms with E-state index in [4.69, 9.17) is 4.74 Å². The second-order valence-corrected chi connectivity index (χ2v) is 10.6. The number of anilines is 1. The minimum absolute atomic E-state index is 0.0743. The summed E-state index contributed by atoms with van der Waals surface area (Å²) >= 11 is 0. The zero-order valence-corrected chi connectivity index (χ0v) is 23.8. The fourth-order valence-corrected chi connectivity index (χ4v) is 5.42. The van der Waals surface area contributed by atoms with E-state index in [-0.39, 0.29) is 11.9 Å². The molecule has 2 atom stereocenters. The minimum Gasteiger partial charge on any atom is -0.492 e. The molecule has 42 heavy (non-hydrogen) atoms. The van der Waals surface area contributed by atoms with Gasteiger partial charge in [-0.1, -0.05) is 49.7 Å². The number of benzene rings is 3. The number of halogens is 2. The summed E-state index contributed by atoms with van der Waals surface area (Å²) in [6.45, 7) is 3.92. The van der Waals surface area contributed by atoms with Crippen molar-refractivity contribution >= 4 is 11.7 Å². The molecule has 1 amide bonds. The lowest BCUT2D eigenvalue weighted by Gasteiger charge is -2.29. The third kappa shape index (κ3) is 7.60. The molecule has 1 heterocycles. The average molecular weight is 574 g/mol. The van der Waals surface area contributed by atoms with Crippen molar-refractivity contribution in [1.82, 2.24) is 20.2 Å². The lowest BCUT2D eigenvalue weighted by Crippen LogP contribution is -2.48. The van der Waals surface area contributed by atoms with Crippen LogP contribution in [0, 0.1) is 11.6 Å². The normalized spacial score (nSPS) is 15.2. The maximum absolute atomic E-state index is 14.4. The highest BCUT2D eigenvalue weighted by molar-refractivity contribution is 5.94. The summed E-state index contributed by atoms with van der Waals surface area (Å²) < 4.78 is 35.7. The highest BCUT2D eigenvalue weighted by Gasteiger charge is 2.27. The molecule has 7 nitrogen and oxygen atoms in total. The molecule has 0 bridgehead atoms. The molecule has 220 valence electrons. The van der Waals surface area contributed by atoms with E-state index in [1.165, 1.54) is 6.07 Å². The number of nitrogens with zero attached hydrogens (tertiary/aromatic N) is 2. The third-order valence-corrected chi connectivity index (χ3v) is 7.51. The molecule has 1 aliphatic rings. The van der Waals surface area contributed by atoms with Crippen LogP contribution in [0.5, 0.6) is 5.75 Å². The van der Waals surface area contributed by atoms with Crippen molar-refractivity contribution < 1.29 is 18.3 Å². The molecule has 0 fully saturated rings. The second-order valence-electron chi connectivity index (χ2n) is 10.6. The lowest BCUT2D eigenvalue weighted by molar-refractivity contribution is -0.118. The van der Waals surface area contributed by atoms with Crippen LogP contribution in [-0.2, 0) is 24.2 Å². The average Bonchev–Trinajstić information content (AvgIpc) is 3.46. The van der Waals surface area contributed by atoms with Crippen LogP contribution in [0.4, 0.5) is 14.6 Å². The van der Waals surface area contributed by atoms with E-state index in [0.717, 1.165) is 29.5 Å². The van der Waals surface area contributed by atoms with Crippen molar-refractivity contribution in [2.45, 2.75) is 57.7 Å². The fourth-order valence-electron chi connectivity index (χ4n) is 5.42. The van der Waals surface area contributed by atoms with Gasteiger partial charge in [-0.25, -0.2) is 13.8 Å². The quantitative estimate of drug-likeness (QED) is 0.182. The summed E-state index contributed by atoms with van der Waals surface area (Å²) in [4.78, 5) is 17.7. The summed E-state index contributed by atoms with van der Waals surface area (Å²) in [6, 6.07) is 19.6. The Morgan fingerprint density at radius 2 is 1.93 bits per heavy atom. The molecule has 0 unspecified atom stereocenters. The molecule has 0 saturated heterocycles. The molecule has 9 heteroatoms. The molecule has 0 saturated carbocycles. The Bertz CT molecular complexity index is 1480. The Morgan fingerprint density at radius 3 is 2.76 bits per heavy atom. The molecule has 4 aromatic rings. The third-order valence-electron chi connectivity index (χ3n) is 7.51. The zero-order chi connectivity index (χ0) is 29.3. The van der Waals surface area contributed by atoms with Crippen LogP contribution < -0.4 is 20.7 Å². The van der Waals surface area contributed by atoms with Crippen molar-refractivity contribution in [3.8, 4) is 11.4 Å². The van der Waals surface area contributed by atoms with Gasteiger partial charge in [0.25, 0.3) is 0 Å². The number of rotatable bonds is 13. The van der Waals surface area contributed by atoms with Crippen LogP contribution in [-0.4, -0.2) is 40.7 Å². The molecule has 0 radical (unpaired) electrons. The summed E-state index contributed by atoms with van der Waals surface area (Å²) in [6.07, 6.45) is 6.63. The predicted molar refractivity (Wildman–Crippen MR) is 160 cm³/mol. The number of ether oxygens (including phenoxy) is 1. The van der Waals surface area contributed by atoms with Gasteiger partial charge in [0.1, 0.15) is 30.3 Å². The van der Waals surface area contributed by atoms with Gasteiger partial charge in [-0.2, -0.15) is 0 Å². The largest absolute Gasteiger partial charge is 0.492 e. The van der Waals surface area contributed by atoms with E-state index in [1.807, 2.05) is 60.0 Å². The molecular weight excluding hydrogens is 536 g/mol. The van der Waals surface area contributed by atoms with E-state index in [0.29, 0.717) is 62.3 Å². The summed E-state index contributed by atoms with van der Waals surface area (Å²) in [5, 5.41) is 9.80. The SMILES string of the molecule is CCC[C@H](N[C@H]1CCc2cc(F)cc(F)c2C1)C(=O)Nc1cn(-c2ccccc2CNCCOc2ccccc2)cn1. The number of hydrogen-bond donors (Lipinski definition) is 3. The molecule has 0 aliphatic heterocycles. The summed E-state index contributed by atoms with van der Waals surface area (Å²) in [5.41, 5.74) is 3.29. The smallest absolute Gasteiger partial charge is 0.242 e. The van der Waals surface area contributed by atoms with Crippen LogP contribution in [0.25, 0.3) is 5.69 Å². The molecule has 5 rings (SSSR count). The van der Waals surface area contributed by atoms with Gasteiger partial charge >= 0.3 is 0 Å². The lowest BCUT2D eigenvalue weighted by atomic mass is 9.87. The van der Waals surface area contributed by atoms with Gasteiger partial charge in [0.2, 0.25) is 5.91 Å². The van der Waals surface area contributed by atoms with E-state index in [9.17, 15) is 13.6 Å². The summed E-state index contributed by atoms with van der Waals surface area (Å²) in [7, 11) is 0. The Kier molecular flexibility index (Phi) is 9.94. The van der Waals surface area contributed by atoms with Gasteiger partial charge in [-0.3, -0.25) is 4.79 Å². The fraction of sp³-hybridized carbons (Fsp3) is 0.333. The number of amides is 1. The van der Waals surface area contributed by atoms with Crippen molar-refractivity contribution in [1.29, 1.82) is 0 Å². The Labute approximate surface area is 245 Å². The monoisotopic (exact) mass is 573 g/mol. The molecule has 3 aromatic carbocycles. The van der Waals surface area contributed by atoms with Crippen molar-refractivity contribution in [2.24, 2.45) is 0 Å². The first kappa shape index (κ1) is 29.4. The number of imidazole rings is 1. The van der Waals surface area contributed by atoms with Gasteiger partial charge in [0, 0.05) is 25.2 Å². The second kappa shape index (κ2) is 14.2. The molecule has 1 aromatic heterocycles. The van der Waals surface area contributed by atoms with E-state index in [2.05, 4.69) is 27.0 Å². The number of hydrogen-bond acceptors (Lipinski definition) is 5. The highest BCUT2D eigenvalue weighted by atomic mass is 19.1. The Morgan fingerprint density at radius 1 is 1.12 bits per heavy atom. The zero-order valence-electron chi connectivity index (χ0n) is 23.8. The Balaban J connectivity index is 1.17. The van der Waals surface area contributed by atoms with Gasteiger partial charge in [0.15, 0.2) is 5.82 Å². The van der Waals surface area contributed by atoms with Gasteiger partial charge in [0.05, 0.1) is 17.9 Å². The van der Waals surface area contributed by atoms with E-state index in [1.54, 1.807) is 12.5 Å². The maximum atomic E-state index is 14.4. The molecule has 1 aliphatic carbocycles. The van der Waals surface area contributed by atoms with Gasteiger partial charge in [-0.15, -0.1) is 0 Å². The maximum Gasteiger partial charge on any atom is 0.242 e. The molecular formula is C33H37F2N5O2. The van der Waals surface area contributed by atoms with Crippen LogP contribution in [0.2, 0.25) is 0 Å². The summed E-state index contributed by atoms with van der Waals surface area (Å²) in [5.74, 6) is 0.0548. The van der Waals surface area contributed by atoms with Crippen molar-refractivity contribution in [3.63, 3.8) is 0 Å². The van der Waals surface area contributed by atoms with E-state index >= 15 is 0 Å². The van der Waals surface area contributed by atoms with Gasteiger partial charge < -0.3 is 25.3 Å². The minimum atomic E-state index is -0.548. The van der Waals surface area contributed by atoms with Gasteiger partial charge in [-0.05, 0) is 66.6 Å². The van der Waals surface area contributed by atoms with Crippen LogP contribution >= 0.6 is 0 Å². The number of carbonyl (C=O) groups is 1. The first-order valence-electron chi connectivity index (χ1n) is 14.5. The first-order chi connectivity index (χ1) is 20.5. The first-order valence-corrected chi connectivity index (χ1v) is 14.5. The highest BCUT2D eigenvalue weighted by Crippen LogP contribution is 2.26. The number of nitrogens with one attached hydrogen (secondary N) is 3. The van der Waals surface area contributed by atoms with Crippen LogP contribution in [0.15, 0.2) is 79.3 Å². The standard InChI is InChI=1S/C33H37F2N5O2/c1-2-8-30(38-26-14-13-23-17-25(34)18-29(35)28(23)19-26)33(41)39-32-21-40(22-37-32)31-12-7-6-9-24(31)20-36-15-16-42-27-10-4-3-5-11-27/h3-7,9-12,17-18,21-22,26,30,36,38H,2,8,13-16,19-20H2,1H3,(H,39,41)/t26-,30-/m0/s1. The molecule has 0 spiro atoms. The molecule has 3 N–H and O–H groups in total. The van der Waals surface area contributed by atoms with Crippen molar-refractivity contribution in [2.75, 3.05) is 18.5 Å². The number of aromatic nitrogens is 2. The van der Waals surface area contributed by atoms with Crippen LogP contribution in [0.1, 0.15) is 42.9 Å². The number of aryl methyl sites for hydroxylation is 1. The Hall–Kier alpha value is -4.08. The number of fused-ring (bicyclic) bond motifs is 1.